The third kappa shape index (κ3) is 9.63. The Bertz CT molecular complexity index is 519. The van der Waals surface area contributed by atoms with Crippen molar-refractivity contribution in [2.45, 2.75) is 26.5 Å². The minimum atomic E-state index is -2.89. The number of rotatable bonds is 10. The fraction of sp³-hybridized carbons (Fsp3) is 0.562. The Hall–Kier alpha value is -1.36. The van der Waals surface area contributed by atoms with Gasteiger partial charge in [0.1, 0.15) is 11.5 Å². The molecular formula is C16H26F2IN3O3. The highest BCUT2D eigenvalue weighted by Crippen LogP contribution is 2.26. The molecule has 25 heavy (non-hydrogen) atoms. The summed E-state index contributed by atoms with van der Waals surface area (Å²) in [6.07, 6.45) is 0.833. The number of methoxy groups -OCH3 is 2. The second-order valence-electron chi connectivity index (χ2n) is 4.82. The van der Waals surface area contributed by atoms with Crippen LogP contribution < -0.4 is 20.1 Å². The lowest BCUT2D eigenvalue weighted by Gasteiger charge is -2.13. The maximum Gasteiger partial charge on any atom is 0.387 e. The van der Waals surface area contributed by atoms with Crippen molar-refractivity contribution >= 4 is 29.9 Å². The molecule has 6 nitrogen and oxygen atoms in total. The maximum absolute atomic E-state index is 12.5. The molecule has 1 aromatic carbocycles. The summed E-state index contributed by atoms with van der Waals surface area (Å²) in [5, 5.41) is 6.25. The Morgan fingerprint density at radius 3 is 2.60 bits per heavy atom. The van der Waals surface area contributed by atoms with Gasteiger partial charge < -0.3 is 24.8 Å². The van der Waals surface area contributed by atoms with Gasteiger partial charge in [-0.2, -0.15) is 8.78 Å². The zero-order valence-electron chi connectivity index (χ0n) is 14.7. The third-order valence-electron chi connectivity index (χ3n) is 3.05. The molecule has 0 aliphatic rings. The van der Waals surface area contributed by atoms with E-state index < -0.39 is 6.61 Å². The van der Waals surface area contributed by atoms with Crippen molar-refractivity contribution in [3.8, 4) is 11.5 Å². The standard InChI is InChI=1S/C16H25F2N3O3.HI/c1-4-19-16(20-8-5-9-22-2)21-11-12-10-13(23-3)6-7-14(12)24-15(17)18;/h6-7,10,15H,4-5,8-9,11H2,1-3H3,(H2,19,20,21);1H. The molecule has 0 fully saturated rings. The number of nitrogens with one attached hydrogen (secondary N) is 2. The van der Waals surface area contributed by atoms with E-state index in [1.54, 1.807) is 19.2 Å². The van der Waals surface area contributed by atoms with Crippen LogP contribution in [0.15, 0.2) is 23.2 Å². The number of guanidine groups is 1. The van der Waals surface area contributed by atoms with E-state index in [1.165, 1.54) is 13.2 Å². The molecule has 1 aromatic rings. The number of alkyl halides is 2. The lowest BCUT2D eigenvalue weighted by molar-refractivity contribution is -0.0504. The van der Waals surface area contributed by atoms with Crippen LogP contribution in [-0.2, 0) is 11.3 Å². The molecule has 0 unspecified atom stereocenters. The molecule has 0 aliphatic heterocycles. The first-order valence-electron chi connectivity index (χ1n) is 7.73. The van der Waals surface area contributed by atoms with Crippen LogP contribution in [0.2, 0.25) is 0 Å². The number of hydrogen-bond acceptors (Lipinski definition) is 4. The molecule has 9 heteroatoms. The van der Waals surface area contributed by atoms with E-state index in [2.05, 4.69) is 20.4 Å². The van der Waals surface area contributed by atoms with Gasteiger partial charge in [0.25, 0.3) is 0 Å². The van der Waals surface area contributed by atoms with Gasteiger partial charge >= 0.3 is 6.61 Å². The van der Waals surface area contributed by atoms with Gasteiger partial charge in [-0.05, 0) is 31.5 Å². The van der Waals surface area contributed by atoms with E-state index in [-0.39, 0.29) is 36.3 Å². The van der Waals surface area contributed by atoms with E-state index >= 15 is 0 Å². The molecule has 1 rings (SSSR count). The number of nitrogens with zero attached hydrogens (tertiary/aromatic N) is 1. The summed E-state index contributed by atoms with van der Waals surface area (Å²) >= 11 is 0. The minimum Gasteiger partial charge on any atom is -0.497 e. The van der Waals surface area contributed by atoms with Crippen molar-refractivity contribution in [3.63, 3.8) is 0 Å². The quantitative estimate of drug-likeness (QED) is 0.237. The molecule has 0 radical (unpaired) electrons. The summed E-state index contributed by atoms with van der Waals surface area (Å²) in [6.45, 7) is 1.27. The van der Waals surface area contributed by atoms with Crippen molar-refractivity contribution in [1.29, 1.82) is 0 Å². The lowest BCUT2D eigenvalue weighted by Crippen LogP contribution is -2.38. The monoisotopic (exact) mass is 473 g/mol. The van der Waals surface area contributed by atoms with E-state index in [9.17, 15) is 8.78 Å². The summed E-state index contributed by atoms with van der Waals surface area (Å²) < 4.78 is 39.7. The highest BCUT2D eigenvalue weighted by Gasteiger charge is 2.11. The van der Waals surface area contributed by atoms with E-state index in [0.717, 1.165) is 6.42 Å². The SMILES string of the molecule is CCNC(=NCc1cc(OC)ccc1OC(F)F)NCCCOC.I. The van der Waals surface area contributed by atoms with E-state index in [0.29, 0.717) is 37.0 Å². The number of aliphatic imine (C=N–C) groups is 1. The van der Waals surface area contributed by atoms with Crippen LogP contribution in [0.5, 0.6) is 11.5 Å². The summed E-state index contributed by atoms with van der Waals surface area (Å²) in [7, 11) is 3.16. The predicted molar refractivity (Wildman–Crippen MR) is 104 cm³/mol. The van der Waals surface area contributed by atoms with Gasteiger partial charge in [-0.1, -0.05) is 0 Å². The van der Waals surface area contributed by atoms with E-state index in [4.69, 9.17) is 9.47 Å². The number of hydrogen-bond donors (Lipinski definition) is 2. The van der Waals surface area contributed by atoms with Crippen LogP contribution in [0.4, 0.5) is 8.78 Å². The zero-order valence-corrected chi connectivity index (χ0v) is 17.0. The van der Waals surface area contributed by atoms with Crippen LogP contribution in [0, 0.1) is 0 Å². The van der Waals surface area contributed by atoms with Crippen molar-refractivity contribution < 1.29 is 23.0 Å². The van der Waals surface area contributed by atoms with Crippen molar-refractivity contribution in [3.05, 3.63) is 23.8 Å². The van der Waals surface area contributed by atoms with E-state index in [1.807, 2.05) is 6.92 Å². The average molecular weight is 473 g/mol. The second kappa shape index (κ2) is 13.9. The first-order valence-corrected chi connectivity index (χ1v) is 7.73. The molecule has 0 saturated heterocycles. The third-order valence-corrected chi connectivity index (χ3v) is 3.05. The molecule has 2 N–H and O–H groups in total. The molecule has 0 bridgehead atoms. The molecule has 0 aromatic heterocycles. The van der Waals surface area contributed by atoms with Crippen LogP contribution >= 0.6 is 24.0 Å². The largest absolute Gasteiger partial charge is 0.497 e. The summed E-state index contributed by atoms with van der Waals surface area (Å²) in [5.74, 6) is 1.24. The van der Waals surface area contributed by atoms with Gasteiger partial charge in [0.2, 0.25) is 0 Å². The molecule has 0 spiro atoms. The maximum atomic E-state index is 12.5. The van der Waals surface area contributed by atoms with Gasteiger partial charge in [0.15, 0.2) is 5.96 Å². The Kier molecular flexibility index (Phi) is 13.1. The fourth-order valence-corrected chi connectivity index (χ4v) is 1.95. The first kappa shape index (κ1) is 23.6. The Labute approximate surface area is 164 Å². The molecule has 0 atom stereocenters. The summed E-state index contributed by atoms with van der Waals surface area (Å²) in [5.41, 5.74) is 0.517. The van der Waals surface area contributed by atoms with Crippen molar-refractivity contribution in [2.24, 2.45) is 4.99 Å². The lowest BCUT2D eigenvalue weighted by atomic mass is 10.2. The van der Waals surface area contributed by atoms with Gasteiger partial charge in [0.05, 0.1) is 13.7 Å². The molecule has 0 heterocycles. The minimum absolute atomic E-state index is 0. The summed E-state index contributed by atoms with van der Waals surface area (Å²) in [6, 6.07) is 4.66. The van der Waals surface area contributed by atoms with Crippen LogP contribution in [-0.4, -0.2) is 46.5 Å². The van der Waals surface area contributed by atoms with Crippen LogP contribution in [0.1, 0.15) is 18.9 Å². The Balaban J connectivity index is 0.00000576. The van der Waals surface area contributed by atoms with Gasteiger partial charge in [-0.15, -0.1) is 24.0 Å². The second-order valence-corrected chi connectivity index (χ2v) is 4.82. The van der Waals surface area contributed by atoms with Crippen molar-refractivity contribution in [1.82, 2.24) is 10.6 Å². The van der Waals surface area contributed by atoms with Crippen molar-refractivity contribution in [2.75, 3.05) is 33.9 Å². The van der Waals surface area contributed by atoms with Crippen LogP contribution in [0.3, 0.4) is 0 Å². The normalized spacial score (nSPS) is 11.0. The molecule has 0 aliphatic carbocycles. The highest BCUT2D eigenvalue weighted by molar-refractivity contribution is 14.0. The first-order chi connectivity index (χ1) is 11.6. The Morgan fingerprint density at radius 1 is 1.24 bits per heavy atom. The molecule has 144 valence electrons. The fourth-order valence-electron chi connectivity index (χ4n) is 1.95. The smallest absolute Gasteiger partial charge is 0.387 e. The topological polar surface area (TPSA) is 64.1 Å². The predicted octanol–water partition coefficient (Wildman–Crippen LogP) is 3.01. The molecular weight excluding hydrogens is 447 g/mol. The number of halogens is 3. The van der Waals surface area contributed by atoms with Gasteiger partial charge in [-0.3, -0.25) is 0 Å². The number of ether oxygens (including phenoxy) is 3. The average Bonchev–Trinajstić information content (AvgIpc) is 2.57. The Morgan fingerprint density at radius 2 is 2.00 bits per heavy atom. The molecule has 0 amide bonds. The zero-order chi connectivity index (χ0) is 17.8. The highest BCUT2D eigenvalue weighted by atomic mass is 127. The number of benzene rings is 1. The van der Waals surface area contributed by atoms with Gasteiger partial charge in [-0.25, -0.2) is 4.99 Å². The summed E-state index contributed by atoms with van der Waals surface area (Å²) in [4.78, 5) is 4.40. The van der Waals surface area contributed by atoms with Crippen LogP contribution in [0.25, 0.3) is 0 Å². The molecule has 0 saturated carbocycles. The van der Waals surface area contributed by atoms with Gasteiger partial charge in [0, 0.05) is 32.4 Å².